The van der Waals surface area contributed by atoms with Crippen molar-refractivity contribution in [1.82, 2.24) is 0 Å². The van der Waals surface area contributed by atoms with Crippen LogP contribution in [0.25, 0.3) is 0 Å². The maximum absolute atomic E-state index is 12.1. The SMILES string of the molecule is Nc1cc(S(=O)(=O)Nc2cccc(Cl)c2)ccc1O. The van der Waals surface area contributed by atoms with E-state index in [4.69, 9.17) is 17.3 Å². The van der Waals surface area contributed by atoms with Crippen molar-refractivity contribution in [3.63, 3.8) is 0 Å². The first-order valence-corrected chi connectivity index (χ1v) is 7.11. The molecule has 0 amide bonds. The van der Waals surface area contributed by atoms with E-state index in [-0.39, 0.29) is 16.3 Å². The molecule has 0 saturated carbocycles. The number of benzene rings is 2. The molecule has 5 nitrogen and oxygen atoms in total. The lowest BCUT2D eigenvalue weighted by molar-refractivity contribution is 0.477. The molecular weight excluding hydrogens is 288 g/mol. The molecule has 0 aromatic heterocycles. The predicted molar refractivity (Wildman–Crippen MR) is 74.8 cm³/mol. The Kier molecular flexibility index (Phi) is 3.55. The second-order valence-corrected chi connectivity index (χ2v) is 5.96. The lowest BCUT2D eigenvalue weighted by Crippen LogP contribution is -2.13. The molecule has 0 aliphatic rings. The average molecular weight is 299 g/mol. The Morgan fingerprint density at radius 1 is 1.16 bits per heavy atom. The van der Waals surface area contributed by atoms with Crippen LogP contribution in [-0.4, -0.2) is 13.5 Å². The highest BCUT2D eigenvalue weighted by atomic mass is 35.5. The summed E-state index contributed by atoms with van der Waals surface area (Å²) in [6.45, 7) is 0. The minimum atomic E-state index is -3.77. The molecule has 0 aliphatic heterocycles. The van der Waals surface area contributed by atoms with Gasteiger partial charge in [0.25, 0.3) is 10.0 Å². The molecule has 0 bridgehead atoms. The zero-order valence-corrected chi connectivity index (χ0v) is 11.2. The van der Waals surface area contributed by atoms with Crippen LogP contribution in [0.4, 0.5) is 11.4 Å². The van der Waals surface area contributed by atoms with Crippen LogP contribution in [0.3, 0.4) is 0 Å². The topological polar surface area (TPSA) is 92.4 Å². The number of anilines is 2. The molecule has 0 unspecified atom stereocenters. The van der Waals surface area contributed by atoms with Crippen LogP contribution in [0.2, 0.25) is 5.02 Å². The maximum atomic E-state index is 12.1. The van der Waals surface area contributed by atoms with Crippen molar-refractivity contribution < 1.29 is 13.5 Å². The van der Waals surface area contributed by atoms with Crippen molar-refractivity contribution in [2.75, 3.05) is 10.5 Å². The largest absolute Gasteiger partial charge is 0.506 e. The Hall–Kier alpha value is -1.92. The van der Waals surface area contributed by atoms with Gasteiger partial charge in [-0.1, -0.05) is 17.7 Å². The second-order valence-electron chi connectivity index (χ2n) is 3.84. The van der Waals surface area contributed by atoms with Gasteiger partial charge in [-0.2, -0.15) is 0 Å². The van der Waals surface area contributed by atoms with E-state index in [1.165, 1.54) is 24.3 Å². The van der Waals surface area contributed by atoms with E-state index in [1.54, 1.807) is 18.2 Å². The van der Waals surface area contributed by atoms with Gasteiger partial charge in [-0.05, 0) is 36.4 Å². The third-order valence-electron chi connectivity index (χ3n) is 2.39. The van der Waals surface area contributed by atoms with E-state index in [9.17, 15) is 13.5 Å². The van der Waals surface area contributed by atoms with Crippen molar-refractivity contribution in [3.05, 3.63) is 47.5 Å². The van der Waals surface area contributed by atoms with E-state index in [0.29, 0.717) is 10.7 Å². The number of hydrogen-bond donors (Lipinski definition) is 3. The minimum absolute atomic E-state index is 0.00558. The van der Waals surface area contributed by atoms with Gasteiger partial charge < -0.3 is 10.8 Å². The molecule has 0 fully saturated rings. The first kappa shape index (κ1) is 13.5. The summed E-state index contributed by atoms with van der Waals surface area (Å²) in [6.07, 6.45) is 0. The van der Waals surface area contributed by atoms with Crippen molar-refractivity contribution in [3.8, 4) is 5.75 Å². The van der Waals surface area contributed by atoms with Gasteiger partial charge >= 0.3 is 0 Å². The van der Waals surface area contributed by atoms with Crippen LogP contribution < -0.4 is 10.5 Å². The molecule has 100 valence electrons. The summed E-state index contributed by atoms with van der Waals surface area (Å²) in [7, 11) is -3.77. The van der Waals surface area contributed by atoms with Crippen LogP contribution in [0.5, 0.6) is 5.75 Å². The molecule has 2 rings (SSSR count). The third-order valence-corrected chi connectivity index (χ3v) is 4.00. The van der Waals surface area contributed by atoms with Crippen LogP contribution in [0.1, 0.15) is 0 Å². The van der Waals surface area contributed by atoms with Gasteiger partial charge in [0.15, 0.2) is 0 Å². The number of phenols is 1. The molecule has 0 spiro atoms. The molecule has 7 heteroatoms. The first-order valence-electron chi connectivity index (χ1n) is 5.25. The molecule has 4 N–H and O–H groups in total. The summed E-state index contributed by atoms with van der Waals surface area (Å²) in [5, 5.41) is 9.70. The zero-order valence-electron chi connectivity index (χ0n) is 9.67. The van der Waals surface area contributed by atoms with E-state index in [0.717, 1.165) is 0 Å². The number of halogens is 1. The van der Waals surface area contributed by atoms with Crippen molar-refractivity contribution in [2.45, 2.75) is 4.90 Å². The van der Waals surface area contributed by atoms with E-state index < -0.39 is 10.0 Å². The highest BCUT2D eigenvalue weighted by Crippen LogP contribution is 2.25. The summed E-state index contributed by atoms with van der Waals surface area (Å²) in [4.78, 5) is -0.0391. The molecule has 0 saturated heterocycles. The number of aromatic hydroxyl groups is 1. The highest BCUT2D eigenvalue weighted by Gasteiger charge is 2.15. The summed E-state index contributed by atoms with van der Waals surface area (Å²) >= 11 is 5.78. The van der Waals surface area contributed by atoms with Gasteiger partial charge in [0, 0.05) is 5.02 Å². The summed E-state index contributed by atoms with van der Waals surface area (Å²) in [5.74, 6) is -0.165. The lowest BCUT2D eigenvalue weighted by Gasteiger charge is -2.09. The molecule has 0 heterocycles. The van der Waals surface area contributed by atoms with Gasteiger partial charge in [-0.3, -0.25) is 4.72 Å². The third kappa shape index (κ3) is 3.10. The molecule has 2 aromatic carbocycles. The number of nitrogen functional groups attached to an aromatic ring is 1. The van der Waals surface area contributed by atoms with Crippen LogP contribution in [0.15, 0.2) is 47.4 Å². The van der Waals surface area contributed by atoms with Gasteiger partial charge in [-0.15, -0.1) is 0 Å². The van der Waals surface area contributed by atoms with Crippen LogP contribution in [-0.2, 0) is 10.0 Å². The van der Waals surface area contributed by atoms with Crippen molar-refractivity contribution in [1.29, 1.82) is 0 Å². The summed E-state index contributed by atoms with van der Waals surface area (Å²) in [6, 6.07) is 10.0. The number of nitrogens with two attached hydrogens (primary N) is 1. The Morgan fingerprint density at radius 2 is 1.89 bits per heavy atom. The van der Waals surface area contributed by atoms with Gasteiger partial charge in [-0.25, -0.2) is 8.42 Å². The van der Waals surface area contributed by atoms with Crippen molar-refractivity contribution >= 4 is 33.0 Å². The fraction of sp³-hybridized carbons (Fsp3) is 0. The minimum Gasteiger partial charge on any atom is -0.506 e. The smallest absolute Gasteiger partial charge is 0.261 e. The quantitative estimate of drug-likeness (QED) is 0.599. The van der Waals surface area contributed by atoms with E-state index in [1.807, 2.05) is 0 Å². The fourth-order valence-electron chi connectivity index (χ4n) is 1.47. The molecule has 2 aromatic rings. The highest BCUT2D eigenvalue weighted by molar-refractivity contribution is 7.92. The number of phenolic OH excluding ortho intramolecular Hbond substituents is 1. The monoisotopic (exact) mass is 298 g/mol. The number of hydrogen-bond acceptors (Lipinski definition) is 4. The fourth-order valence-corrected chi connectivity index (χ4v) is 2.74. The van der Waals surface area contributed by atoms with Crippen LogP contribution >= 0.6 is 11.6 Å². The van der Waals surface area contributed by atoms with Gasteiger partial charge in [0.05, 0.1) is 16.3 Å². The average Bonchev–Trinajstić information content (AvgIpc) is 2.32. The Balaban J connectivity index is 2.35. The maximum Gasteiger partial charge on any atom is 0.261 e. The molecule has 0 radical (unpaired) electrons. The number of sulfonamides is 1. The number of rotatable bonds is 3. The Morgan fingerprint density at radius 3 is 2.53 bits per heavy atom. The summed E-state index contributed by atoms with van der Waals surface area (Å²) in [5.41, 5.74) is 5.81. The molecule has 0 aliphatic carbocycles. The Labute approximate surface area is 115 Å². The standard InChI is InChI=1S/C12H11ClN2O3S/c13-8-2-1-3-9(6-8)15-19(17,18)10-4-5-12(16)11(14)7-10/h1-7,15-16H,14H2. The lowest BCUT2D eigenvalue weighted by atomic mass is 10.3. The second kappa shape index (κ2) is 4.99. The zero-order chi connectivity index (χ0) is 14.0. The van der Waals surface area contributed by atoms with E-state index in [2.05, 4.69) is 4.72 Å². The van der Waals surface area contributed by atoms with Gasteiger partial charge in [0.1, 0.15) is 5.75 Å². The molecule has 0 atom stereocenters. The van der Waals surface area contributed by atoms with Gasteiger partial charge in [0.2, 0.25) is 0 Å². The number of nitrogens with one attached hydrogen (secondary N) is 1. The first-order chi connectivity index (χ1) is 8.88. The predicted octanol–water partition coefficient (Wildman–Crippen LogP) is 2.43. The Bertz CT molecular complexity index is 717. The van der Waals surface area contributed by atoms with Crippen LogP contribution in [0, 0.1) is 0 Å². The van der Waals surface area contributed by atoms with Crippen molar-refractivity contribution in [2.24, 2.45) is 0 Å². The van der Waals surface area contributed by atoms with E-state index >= 15 is 0 Å². The molecule has 19 heavy (non-hydrogen) atoms. The normalized spacial score (nSPS) is 11.2. The molecular formula is C12H11ClN2O3S. The summed E-state index contributed by atoms with van der Waals surface area (Å²) < 4.78 is 26.5.